The van der Waals surface area contributed by atoms with Gasteiger partial charge in [-0.3, -0.25) is 0 Å². The Morgan fingerprint density at radius 2 is 1.36 bits per heavy atom. The lowest BCUT2D eigenvalue weighted by Crippen LogP contribution is -2.45. The van der Waals surface area contributed by atoms with E-state index in [1.807, 2.05) is 0 Å². The molecule has 0 aliphatic heterocycles. The minimum absolute atomic E-state index is 0.0617. The van der Waals surface area contributed by atoms with E-state index in [4.69, 9.17) is 28.1 Å². The molecule has 2 heterocycles. The Morgan fingerprint density at radius 1 is 0.803 bits per heavy atom. The van der Waals surface area contributed by atoms with Crippen molar-refractivity contribution in [3.8, 4) is 17.5 Å². The number of alkyl halides is 6. The topological polar surface area (TPSA) is 135 Å². The average molecular weight is 863 g/mol. The van der Waals surface area contributed by atoms with Crippen molar-refractivity contribution in [3.63, 3.8) is 0 Å². The fraction of sp³-hybridized carbons (Fsp3) is 0.419. The highest BCUT2D eigenvalue weighted by Gasteiger charge is 2.61. The van der Waals surface area contributed by atoms with E-state index < -0.39 is 95.1 Å². The van der Waals surface area contributed by atoms with Crippen molar-refractivity contribution in [1.29, 1.82) is 0 Å². The Kier molecular flexibility index (Phi) is 15.5. The number of allylic oxidation sites excluding steroid dienone is 1. The molecule has 2 aromatic carbocycles. The van der Waals surface area contributed by atoms with Gasteiger partial charge in [0.15, 0.2) is 5.69 Å². The zero-order chi connectivity index (χ0) is 45.2. The summed E-state index contributed by atoms with van der Waals surface area (Å²) in [6, 6.07) is 17.1. The van der Waals surface area contributed by atoms with Gasteiger partial charge in [-0.15, -0.1) is 23.4 Å². The number of anilines is 1. The van der Waals surface area contributed by atoms with Gasteiger partial charge in [0.1, 0.15) is 22.9 Å². The number of carbonyl (C=O) groups is 2. The fourth-order valence-corrected chi connectivity index (χ4v) is 5.52. The maximum Gasteiger partial charge on any atom is 0.426 e. The highest BCUT2D eigenvalue weighted by molar-refractivity contribution is 6.11. The summed E-state index contributed by atoms with van der Waals surface area (Å²) in [5, 5.41) is 7.46. The standard InChI is InChI=1S/C43H48F6N4O8/c1-9-11-23-41(43(47,48)49,57-26-29-21-16-13-17-22-29)36-52-51-35(59-36)33-32(53(37(54)60-39(3,4)5)38(55)61-40(6,7)8)24-31(42(44,45)46)34(50-33)58-30(18-10-2)27-56-25-28-19-14-12-15-20-28/h9-10,12-17,19-22,24,30H,1-2,11,18,23,25-27H2,3-8H3. The van der Waals surface area contributed by atoms with E-state index in [0.717, 1.165) is 5.56 Å². The summed E-state index contributed by atoms with van der Waals surface area (Å²) in [5.41, 5.74) is -8.34. The molecule has 18 heteroatoms. The highest BCUT2D eigenvalue weighted by atomic mass is 19.4. The molecule has 12 nitrogen and oxygen atoms in total. The molecule has 2 unspecified atom stereocenters. The molecule has 0 saturated carbocycles. The lowest BCUT2D eigenvalue weighted by atomic mass is 9.96. The second-order valence-corrected chi connectivity index (χ2v) is 15.6. The number of aromatic nitrogens is 3. The van der Waals surface area contributed by atoms with E-state index in [0.29, 0.717) is 11.6 Å². The van der Waals surface area contributed by atoms with Gasteiger partial charge < -0.3 is 28.1 Å². The number of amides is 2. The summed E-state index contributed by atoms with van der Waals surface area (Å²) < 4.78 is 125. The van der Waals surface area contributed by atoms with Gasteiger partial charge >= 0.3 is 24.5 Å². The van der Waals surface area contributed by atoms with Crippen LogP contribution in [-0.2, 0) is 43.9 Å². The number of ether oxygens (including phenoxy) is 5. The molecule has 0 N–H and O–H groups in total. The van der Waals surface area contributed by atoms with Gasteiger partial charge in [-0.1, -0.05) is 72.8 Å². The number of halogens is 6. The summed E-state index contributed by atoms with van der Waals surface area (Å²) in [6.07, 6.45) is -13.3. The van der Waals surface area contributed by atoms with E-state index in [1.165, 1.54) is 65.8 Å². The van der Waals surface area contributed by atoms with Crippen molar-refractivity contribution in [1.82, 2.24) is 15.2 Å². The second-order valence-electron chi connectivity index (χ2n) is 15.6. The maximum atomic E-state index is 15.3. The molecular formula is C43H48F6N4O8. The molecule has 4 rings (SSSR count). The summed E-state index contributed by atoms with van der Waals surface area (Å²) in [5.74, 6) is -3.26. The maximum absolute atomic E-state index is 15.3. The number of hydrogen-bond donors (Lipinski definition) is 0. The number of benzene rings is 2. The molecule has 4 aromatic rings. The summed E-state index contributed by atoms with van der Waals surface area (Å²) in [6.45, 7) is 14.9. The second kappa shape index (κ2) is 19.8. The lowest BCUT2D eigenvalue weighted by molar-refractivity contribution is -0.299. The predicted molar refractivity (Wildman–Crippen MR) is 211 cm³/mol. The van der Waals surface area contributed by atoms with Gasteiger partial charge in [0, 0.05) is 6.42 Å². The van der Waals surface area contributed by atoms with Crippen LogP contribution in [0, 0.1) is 0 Å². The summed E-state index contributed by atoms with van der Waals surface area (Å²) in [7, 11) is 0. The zero-order valence-corrected chi connectivity index (χ0v) is 34.6. The first-order valence-electron chi connectivity index (χ1n) is 19.0. The third-order valence-electron chi connectivity index (χ3n) is 8.25. The first-order chi connectivity index (χ1) is 28.5. The smallest absolute Gasteiger partial charge is 0.426 e. The third kappa shape index (κ3) is 13.1. The van der Waals surface area contributed by atoms with Crippen molar-refractivity contribution >= 4 is 17.9 Å². The van der Waals surface area contributed by atoms with Crippen molar-refractivity contribution in [2.75, 3.05) is 11.5 Å². The molecule has 61 heavy (non-hydrogen) atoms. The number of hydrogen-bond acceptors (Lipinski definition) is 11. The quantitative estimate of drug-likeness (QED) is 0.0741. The number of rotatable bonds is 17. The lowest BCUT2D eigenvalue weighted by Gasteiger charge is -2.32. The van der Waals surface area contributed by atoms with Crippen LogP contribution in [0.2, 0.25) is 0 Å². The number of imide groups is 1. The van der Waals surface area contributed by atoms with Crippen molar-refractivity contribution < 1.29 is 64.0 Å². The van der Waals surface area contributed by atoms with E-state index in [9.17, 15) is 9.59 Å². The molecule has 0 radical (unpaired) electrons. The monoisotopic (exact) mass is 862 g/mol. The summed E-state index contributed by atoms with van der Waals surface area (Å²) in [4.78, 5) is 31.8. The van der Waals surface area contributed by atoms with Crippen LogP contribution in [0.25, 0.3) is 11.6 Å². The van der Waals surface area contributed by atoms with Crippen molar-refractivity contribution in [2.45, 2.75) is 109 Å². The molecule has 0 spiro atoms. The fourth-order valence-electron chi connectivity index (χ4n) is 5.52. The Balaban J connectivity index is 1.99. The number of nitrogens with zero attached hydrogens (tertiary/aromatic N) is 4. The SMILES string of the molecule is C=CCCC(OCc1ccccc1)(c1nnc(-c2nc(OC(CC=C)COCc3ccccc3)c(C(F)(F)F)cc2N(C(=O)OC(C)(C)C)C(=O)OC(C)(C)C)o1)C(F)(F)F. The molecule has 0 fully saturated rings. The Bertz CT molecular complexity index is 2070. The predicted octanol–water partition coefficient (Wildman–Crippen LogP) is 11.3. The minimum atomic E-state index is -5.28. The first kappa shape index (κ1) is 47.9. The Morgan fingerprint density at radius 3 is 1.85 bits per heavy atom. The van der Waals surface area contributed by atoms with E-state index in [1.54, 1.807) is 48.5 Å². The van der Waals surface area contributed by atoms with Crippen LogP contribution in [0.3, 0.4) is 0 Å². The Labute approximate surface area is 349 Å². The molecule has 2 atom stereocenters. The van der Waals surface area contributed by atoms with Crippen LogP contribution in [0.1, 0.15) is 83.4 Å². The number of carbonyl (C=O) groups excluding carboxylic acids is 2. The third-order valence-corrected chi connectivity index (χ3v) is 8.25. The molecular weight excluding hydrogens is 814 g/mol. The molecule has 2 aromatic heterocycles. The van der Waals surface area contributed by atoms with E-state index in [2.05, 4.69) is 28.3 Å². The van der Waals surface area contributed by atoms with Gasteiger partial charge in [-0.25, -0.2) is 14.6 Å². The van der Waals surface area contributed by atoms with Crippen LogP contribution >= 0.6 is 0 Å². The summed E-state index contributed by atoms with van der Waals surface area (Å²) >= 11 is 0. The largest absolute Gasteiger partial charge is 0.471 e. The van der Waals surface area contributed by atoms with Crippen LogP contribution in [0.4, 0.5) is 41.6 Å². The minimum Gasteiger partial charge on any atom is -0.471 e. The molecule has 0 aliphatic carbocycles. The first-order valence-corrected chi connectivity index (χ1v) is 19.0. The Hall–Kier alpha value is -5.75. The van der Waals surface area contributed by atoms with Crippen LogP contribution in [-0.4, -0.2) is 57.5 Å². The highest BCUT2D eigenvalue weighted by Crippen LogP contribution is 2.48. The van der Waals surface area contributed by atoms with Gasteiger partial charge in [-0.2, -0.15) is 31.2 Å². The van der Waals surface area contributed by atoms with Crippen molar-refractivity contribution in [3.05, 3.63) is 115 Å². The van der Waals surface area contributed by atoms with Crippen LogP contribution in [0.5, 0.6) is 5.88 Å². The number of pyridine rings is 1. The van der Waals surface area contributed by atoms with E-state index >= 15 is 26.3 Å². The molecule has 330 valence electrons. The van der Waals surface area contributed by atoms with Gasteiger partial charge in [-0.05, 0) is 71.6 Å². The molecule has 0 bridgehead atoms. The molecule has 2 amide bonds. The van der Waals surface area contributed by atoms with Gasteiger partial charge in [0.25, 0.3) is 11.8 Å². The molecule has 0 aliphatic rings. The van der Waals surface area contributed by atoms with Gasteiger partial charge in [0.2, 0.25) is 11.5 Å². The molecule has 0 saturated heterocycles. The van der Waals surface area contributed by atoms with Crippen LogP contribution in [0.15, 0.2) is 96.5 Å². The van der Waals surface area contributed by atoms with Crippen molar-refractivity contribution in [2.24, 2.45) is 0 Å². The normalized spacial score (nSPS) is 13.8. The zero-order valence-electron chi connectivity index (χ0n) is 34.6. The van der Waals surface area contributed by atoms with Crippen LogP contribution < -0.4 is 9.64 Å². The van der Waals surface area contributed by atoms with E-state index in [-0.39, 0.29) is 31.0 Å². The van der Waals surface area contributed by atoms with Gasteiger partial charge in [0.05, 0.1) is 25.5 Å². The average Bonchev–Trinajstić information content (AvgIpc) is 3.64.